The van der Waals surface area contributed by atoms with Crippen LogP contribution < -0.4 is 14.8 Å². The molecule has 20 heavy (non-hydrogen) atoms. The molecular formula is C15H21NO3S. The first-order valence-electron chi connectivity index (χ1n) is 7.19. The van der Waals surface area contributed by atoms with Crippen molar-refractivity contribution < 1.29 is 14.6 Å². The van der Waals surface area contributed by atoms with Crippen molar-refractivity contribution in [2.24, 2.45) is 5.92 Å². The first-order valence-corrected chi connectivity index (χ1v) is 8.34. The highest BCUT2D eigenvalue weighted by Gasteiger charge is 2.17. The number of benzene rings is 1. The van der Waals surface area contributed by atoms with Gasteiger partial charge in [0.1, 0.15) is 13.2 Å². The van der Waals surface area contributed by atoms with Gasteiger partial charge in [-0.15, -0.1) is 0 Å². The van der Waals surface area contributed by atoms with Crippen molar-refractivity contribution in [1.29, 1.82) is 0 Å². The van der Waals surface area contributed by atoms with Gasteiger partial charge in [0.25, 0.3) is 0 Å². The second-order valence-corrected chi connectivity index (χ2v) is 6.46. The summed E-state index contributed by atoms with van der Waals surface area (Å²) in [7, 11) is 0. The summed E-state index contributed by atoms with van der Waals surface area (Å²) >= 11 is 2.02. The van der Waals surface area contributed by atoms with Gasteiger partial charge in [0.2, 0.25) is 0 Å². The minimum atomic E-state index is -0.500. The van der Waals surface area contributed by atoms with E-state index in [1.165, 1.54) is 17.9 Å². The lowest BCUT2D eigenvalue weighted by molar-refractivity contribution is 0.162. The fourth-order valence-electron chi connectivity index (χ4n) is 2.55. The third-order valence-corrected chi connectivity index (χ3v) is 4.98. The number of rotatable bonds is 5. The highest BCUT2D eigenvalue weighted by molar-refractivity contribution is 7.99. The quantitative estimate of drug-likeness (QED) is 0.868. The number of nitrogens with one attached hydrogen (secondary N) is 1. The van der Waals surface area contributed by atoms with Gasteiger partial charge in [0.05, 0.1) is 6.10 Å². The molecule has 0 bridgehead atoms. The fourth-order valence-corrected chi connectivity index (χ4v) is 3.84. The maximum Gasteiger partial charge on any atom is 0.161 e. The Morgan fingerprint density at radius 3 is 2.95 bits per heavy atom. The highest BCUT2D eigenvalue weighted by atomic mass is 32.2. The number of aliphatic hydroxyl groups excluding tert-OH is 1. The third-order valence-electron chi connectivity index (χ3n) is 3.75. The molecule has 1 fully saturated rings. The first kappa shape index (κ1) is 14.0. The van der Waals surface area contributed by atoms with E-state index in [9.17, 15) is 5.11 Å². The summed E-state index contributed by atoms with van der Waals surface area (Å²) in [4.78, 5) is 0. The average molecular weight is 295 g/mol. The van der Waals surface area contributed by atoms with Crippen LogP contribution in [0.4, 0.5) is 0 Å². The zero-order valence-electron chi connectivity index (χ0n) is 11.5. The van der Waals surface area contributed by atoms with Crippen LogP contribution in [0.3, 0.4) is 0 Å². The number of hydrogen-bond acceptors (Lipinski definition) is 5. The van der Waals surface area contributed by atoms with Crippen LogP contribution in [0.1, 0.15) is 18.1 Å². The number of fused-ring (bicyclic) bond motifs is 1. The smallest absolute Gasteiger partial charge is 0.161 e. The van der Waals surface area contributed by atoms with Gasteiger partial charge in [-0.2, -0.15) is 11.8 Å². The Hall–Kier alpha value is -0.910. The van der Waals surface area contributed by atoms with Gasteiger partial charge in [-0.3, -0.25) is 0 Å². The molecule has 2 aliphatic rings. The topological polar surface area (TPSA) is 50.7 Å². The van der Waals surface area contributed by atoms with E-state index in [0.717, 1.165) is 29.5 Å². The van der Waals surface area contributed by atoms with E-state index in [0.29, 0.717) is 19.8 Å². The average Bonchev–Trinajstić information content (AvgIpc) is 3.00. The van der Waals surface area contributed by atoms with Gasteiger partial charge < -0.3 is 19.9 Å². The second-order valence-electron chi connectivity index (χ2n) is 5.31. The molecule has 2 aliphatic heterocycles. The Kier molecular flexibility index (Phi) is 4.70. The minimum Gasteiger partial charge on any atom is -0.486 e. The van der Waals surface area contributed by atoms with E-state index >= 15 is 0 Å². The molecule has 4 nitrogen and oxygen atoms in total. The van der Waals surface area contributed by atoms with Gasteiger partial charge in [0.15, 0.2) is 11.5 Å². The molecule has 0 saturated carbocycles. The van der Waals surface area contributed by atoms with Crippen molar-refractivity contribution in [2.45, 2.75) is 12.5 Å². The van der Waals surface area contributed by atoms with Crippen LogP contribution in [0, 0.1) is 5.92 Å². The number of ether oxygens (including phenoxy) is 2. The molecule has 1 aromatic rings. The Morgan fingerprint density at radius 2 is 2.15 bits per heavy atom. The van der Waals surface area contributed by atoms with E-state index in [1.807, 2.05) is 30.0 Å². The predicted octanol–water partition coefficient (Wildman–Crippen LogP) is 1.83. The molecule has 1 aromatic carbocycles. The lowest BCUT2D eigenvalue weighted by Crippen LogP contribution is -2.27. The van der Waals surface area contributed by atoms with Gasteiger partial charge in [0, 0.05) is 6.54 Å². The number of aliphatic hydroxyl groups is 1. The molecule has 0 aliphatic carbocycles. The van der Waals surface area contributed by atoms with Crippen LogP contribution in [0.15, 0.2) is 18.2 Å². The molecule has 2 atom stereocenters. The first-order chi connectivity index (χ1) is 9.83. The normalized spacial score (nSPS) is 22.8. The van der Waals surface area contributed by atoms with Crippen molar-refractivity contribution in [3.05, 3.63) is 23.8 Å². The monoisotopic (exact) mass is 295 g/mol. The molecule has 3 rings (SSSR count). The molecule has 110 valence electrons. The van der Waals surface area contributed by atoms with E-state index in [1.54, 1.807) is 0 Å². The molecule has 5 heteroatoms. The van der Waals surface area contributed by atoms with Crippen LogP contribution in [0.25, 0.3) is 0 Å². The predicted molar refractivity (Wildman–Crippen MR) is 80.7 cm³/mol. The van der Waals surface area contributed by atoms with Crippen LogP contribution in [-0.4, -0.2) is 42.9 Å². The fraction of sp³-hybridized carbons (Fsp3) is 0.600. The SMILES string of the molecule is OC(CNCC1CCSC1)c1ccc2c(c1)OCCO2. The van der Waals surface area contributed by atoms with Gasteiger partial charge in [-0.25, -0.2) is 0 Å². The van der Waals surface area contributed by atoms with E-state index in [2.05, 4.69) is 5.32 Å². The summed E-state index contributed by atoms with van der Waals surface area (Å²) in [5.74, 6) is 4.78. The Labute approximate surface area is 123 Å². The largest absolute Gasteiger partial charge is 0.486 e. The number of hydrogen-bond donors (Lipinski definition) is 2. The second kappa shape index (κ2) is 6.70. The highest BCUT2D eigenvalue weighted by Crippen LogP contribution is 2.32. The lowest BCUT2D eigenvalue weighted by atomic mass is 10.1. The van der Waals surface area contributed by atoms with Crippen molar-refractivity contribution >= 4 is 11.8 Å². The number of thioether (sulfide) groups is 1. The van der Waals surface area contributed by atoms with Crippen molar-refractivity contribution in [3.8, 4) is 11.5 Å². The van der Waals surface area contributed by atoms with Gasteiger partial charge >= 0.3 is 0 Å². The molecule has 2 heterocycles. The zero-order valence-corrected chi connectivity index (χ0v) is 12.3. The van der Waals surface area contributed by atoms with Crippen molar-refractivity contribution in [3.63, 3.8) is 0 Å². The molecule has 0 aromatic heterocycles. The van der Waals surface area contributed by atoms with Gasteiger partial charge in [-0.05, 0) is 48.1 Å². The molecule has 0 radical (unpaired) electrons. The summed E-state index contributed by atoms with van der Waals surface area (Å²) in [6, 6.07) is 5.66. The molecular weight excluding hydrogens is 274 g/mol. The molecule has 0 amide bonds. The zero-order chi connectivity index (χ0) is 13.8. The van der Waals surface area contributed by atoms with Crippen LogP contribution in [0.2, 0.25) is 0 Å². The summed E-state index contributed by atoms with van der Waals surface area (Å²) in [5, 5.41) is 13.6. The van der Waals surface area contributed by atoms with Crippen LogP contribution in [0.5, 0.6) is 11.5 Å². The summed E-state index contributed by atoms with van der Waals surface area (Å²) < 4.78 is 11.0. The summed E-state index contributed by atoms with van der Waals surface area (Å²) in [6.45, 7) is 2.75. The lowest BCUT2D eigenvalue weighted by Gasteiger charge is -2.20. The molecule has 2 N–H and O–H groups in total. The maximum atomic E-state index is 10.2. The minimum absolute atomic E-state index is 0.500. The van der Waals surface area contributed by atoms with E-state index < -0.39 is 6.10 Å². The Bertz CT molecular complexity index is 449. The third kappa shape index (κ3) is 3.40. The van der Waals surface area contributed by atoms with Gasteiger partial charge in [-0.1, -0.05) is 6.07 Å². The molecule has 0 spiro atoms. The van der Waals surface area contributed by atoms with Crippen molar-refractivity contribution in [2.75, 3.05) is 37.8 Å². The van der Waals surface area contributed by atoms with Crippen LogP contribution >= 0.6 is 11.8 Å². The van der Waals surface area contributed by atoms with E-state index in [4.69, 9.17) is 9.47 Å². The Morgan fingerprint density at radius 1 is 1.30 bits per heavy atom. The Balaban J connectivity index is 1.52. The van der Waals surface area contributed by atoms with Crippen molar-refractivity contribution in [1.82, 2.24) is 5.32 Å². The van der Waals surface area contributed by atoms with Crippen LogP contribution in [-0.2, 0) is 0 Å². The molecule has 1 saturated heterocycles. The standard InChI is InChI=1S/C15H21NO3S/c17-13(9-16-8-11-3-6-20-10-11)12-1-2-14-15(7-12)19-5-4-18-14/h1-2,7,11,13,16-17H,3-6,8-10H2. The summed E-state index contributed by atoms with van der Waals surface area (Å²) in [5.41, 5.74) is 0.877. The maximum absolute atomic E-state index is 10.2. The van der Waals surface area contributed by atoms with E-state index in [-0.39, 0.29) is 0 Å². The summed E-state index contributed by atoms with van der Waals surface area (Å²) in [6.07, 6.45) is 0.789. The molecule has 2 unspecified atom stereocenters.